The van der Waals surface area contributed by atoms with Crippen molar-refractivity contribution in [3.63, 3.8) is 0 Å². The van der Waals surface area contributed by atoms with Crippen molar-refractivity contribution in [3.8, 4) is 11.4 Å². The molecule has 0 radical (unpaired) electrons. The number of aromatic nitrogens is 4. The average molecular weight is 409 g/mol. The van der Waals surface area contributed by atoms with Gasteiger partial charge < -0.3 is 4.52 Å². The molecule has 0 atom stereocenters. The van der Waals surface area contributed by atoms with E-state index < -0.39 is 0 Å². The zero-order valence-electron chi connectivity index (χ0n) is 14.8. The number of thiazole rings is 1. The number of thioether (sulfide) groups is 1. The lowest BCUT2D eigenvalue weighted by Crippen LogP contribution is -2.13. The van der Waals surface area contributed by atoms with E-state index in [-0.39, 0.29) is 5.91 Å². The van der Waals surface area contributed by atoms with Crippen molar-refractivity contribution in [1.29, 1.82) is 0 Å². The van der Waals surface area contributed by atoms with Gasteiger partial charge in [0.05, 0.1) is 17.0 Å². The van der Waals surface area contributed by atoms with Crippen molar-refractivity contribution in [2.24, 2.45) is 0 Å². The average Bonchev–Trinajstić information content (AvgIpc) is 3.36. The Hall–Kier alpha value is -3.04. The van der Waals surface area contributed by atoms with E-state index >= 15 is 0 Å². The van der Waals surface area contributed by atoms with E-state index in [1.165, 1.54) is 23.1 Å². The summed E-state index contributed by atoms with van der Waals surface area (Å²) >= 11 is 2.79. The molecule has 0 aliphatic rings. The predicted octanol–water partition coefficient (Wildman–Crippen LogP) is 4.44. The van der Waals surface area contributed by atoms with Gasteiger partial charge in [-0.15, -0.1) is 11.3 Å². The lowest BCUT2D eigenvalue weighted by atomic mass is 10.3. The molecule has 9 heteroatoms. The number of rotatable bonds is 6. The largest absolute Gasteiger partial charge is 0.361 e. The van der Waals surface area contributed by atoms with E-state index in [0.717, 1.165) is 22.8 Å². The van der Waals surface area contributed by atoms with Crippen molar-refractivity contribution in [2.75, 3.05) is 5.32 Å². The van der Waals surface area contributed by atoms with Gasteiger partial charge in [0.1, 0.15) is 16.5 Å². The Labute approximate surface area is 169 Å². The van der Waals surface area contributed by atoms with Gasteiger partial charge in [-0.2, -0.15) is 0 Å². The standard InChI is InChI=1S/C19H15N5O2S2/c1-12-9-13(24-26-12)10-27-18-14(5-4-8-21-18)17(25)23-19-22-16(11-28-19)15-6-2-3-7-20-15/h2-9,11H,10H2,1H3,(H,22,23,25). The van der Waals surface area contributed by atoms with Crippen molar-refractivity contribution in [3.05, 3.63) is 71.2 Å². The molecule has 0 bridgehead atoms. The highest BCUT2D eigenvalue weighted by Crippen LogP contribution is 2.27. The second-order valence-corrected chi connectivity index (χ2v) is 7.60. The van der Waals surface area contributed by atoms with Gasteiger partial charge in [-0.25, -0.2) is 9.97 Å². The smallest absolute Gasteiger partial charge is 0.260 e. The van der Waals surface area contributed by atoms with Crippen molar-refractivity contribution in [2.45, 2.75) is 17.7 Å². The van der Waals surface area contributed by atoms with Crippen LogP contribution >= 0.6 is 23.1 Å². The first-order valence-corrected chi connectivity index (χ1v) is 10.2. The summed E-state index contributed by atoms with van der Waals surface area (Å²) in [5, 5.41) is 9.81. The molecule has 140 valence electrons. The highest BCUT2D eigenvalue weighted by molar-refractivity contribution is 7.98. The summed E-state index contributed by atoms with van der Waals surface area (Å²) in [5.41, 5.74) is 2.78. The zero-order chi connectivity index (χ0) is 19.3. The topological polar surface area (TPSA) is 93.8 Å². The predicted molar refractivity (Wildman–Crippen MR) is 108 cm³/mol. The Morgan fingerprint density at radius 1 is 1.18 bits per heavy atom. The van der Waals surface area contributed by atoms with E-state index in [1.807, 2.05) is 36.6 Å². The van der Waals surface area contributed by atoms with Gasteiger partial charge in [0, 0.05) is 29.6 Å². The lowest BCUT2D eigenvalue weighted by Gasteiger charge is -2.06. The number of anilines is 1. The Bertz CT molecular complexity index is 1090. The lowest BCUT2D eigenvalue weighted by molar-refractivity contribution is 0.102. The molecule has 4 aromatic rings. The molecule has 7 nitrogen and oxygen atoms in total. The molecule has 28 heavy (non-hydrogen) atoms. The normalized spacial score (nSPS) is 10.8. The maximum atomic E-state index is 12.7. The third kappa shape index (κ3) is 4.26. The van der Waals surface area contributed by atoms with Crippen LogP contribution in [0.3, 0.4) is 0 Å². The second-order valence-electron chi connectivity index (χ2n) is 5.78. The summed E-state index contributed by atoms with van der Waals surface area (Å²) in [4.78, 5) is 25.8. The first kappa shape index (κ1) is 18.3. The van der Waals surface area contributed by atoms with E-state index in [0.29, 0.717) is 21.5 Å². The summed E-state index contributed by atoms with van der Waals surface area (Å²) < 4.78 is 5.07. The molecule has 0 saturated heterocycles. The molecular weight excluding hydrogens is 394 g/mol. The molecule has 0 unspecified atom stereocenters. The van der Waals surface area contributed by atoms with Crippen LogP contribution in [-0.2, 0) is 5.75 Å². The number of nitrogens with one attached hydrogen (secondary N) is 1. The van der Waals surface area contributed by atoms with E-state index in [1.54, 1.807) is 24.5 Å². The fraction of sp³-hybridized carbons (Fsp3) is 0.105. The van der Waals surface area contributed by atoms with Gasteiger partial charge in [-0.05, 0) is 31.2 Å². The van der Waals surface area contributed by atoms with Crippen LogP contribution in [-0.4, -0.2) is 26.0 Å². The van der Waals surface area contributed by atoms with Crippen LogP contribution in [0.5, 0.6) is 0 Å². The van der Waals surface area contributed by atoms with Gasteiger partial charge in [0.2, 0.25) is 0 Å². The number of pyridine rings is 2. The summed E-state index contributed by atoms with van der Waals surface area (Å²) in [6, 6.07) is 11.0. The molecule has 0 spiro atoms. The number of hydrogen-bond acceptors (Lipinski definition) is 8. The van der Waals surface area contributed by atoms with Crippen LogP contribution in [0.4, 0.5) is 5.13 Å². The minimum absolute atomic E-state index is 0.256. The first-order valence-electron chi connectivity index (χ1n) is 8.37. The van der Waals surface area contributed by atoms with Gasteiger partial charge in [0.25, 0.3) is 5.91 Å². The molecule has 0 fully saturated rings. The third-order valence-electron chi connectivity index (χ3n) is 3.70. The maximum absolute atomic E-state index is 12.7. The summed E-state index contributed by atoms with van der Waals surface area (Å²) in [6.07, 6.45) is 3.37. The molecule has 0 aromatic carbocycles. The first-order chi connectivity index (χ1) is 13.7. The summed E-state index contributed by atoms with van der Waals surface area (Å²) in [7, 11) is 0. The van der Waals surface area contributed by atoms with Crippen molar-refractivity contribution < 1.29 is 9.32 Å². The molecule has 0 aliphatic carbocycles. The third-order valence-corrected chi connectivity index (χ3v) is 5.50. The maximum Gasteiger partial charge on any atom is 0.260 e. The Morgan fingerprint density at radius 3 is 2.86 bits per heavy atom. The molecule has 1 amide bonds. The van der Waals surface area contributed by atoms with Crippen LogP contribution in [0, 0.1) is 6.92 Å². The Kier molecular flexibility index (Phi) is 5.45. The van der Waals surface area contributed by atoms with Gasteiger partial charge >= 0.3 is 0 Å². The number of nitrogens with zero attached hydrogens (tertiary/aromatic N) is 4. The quantitative estimate of drug-likeness (QED) is 0.470. The molecular formula is C19H15N5O2S2. The monoisotopic (exact) mass is 409 g/mol. The Morgan fingerprint density at radius 2 is 2.07 bits per heavy atom. The number of carbonyl (C=O) groups excluding carboxylic acids is 1. The minimum atomic E-state index is -0.256. The molecule has 0 aliphatic heterocycles. The minimum Gasteiger partial charge on any atom is -0.361 e. The number of aryl methyl sites for hydroxylation is 1. The fourth-order valence-corrected chi connectivity index (χ4v) is 4.01. The van der Waals surface area contributed by atoms with Crippen LogP contribution in [0.1, 0.15) is 21.8 Å². The summed E-state index contributed by atoms with van der Waals surface area (Å²) in [6.45, 7) is 1.84. The molecule has 4 heterocycles. The molecule has 0 saturated carbocycles. The summed E-state index contributed by atoms with van der Waals surface area (Å²) in [5.74, 6) is 1.06. The van der Waals surface area contributed by atoms with Gasteiger partial charge in [-0.3, -0.25) is 15.1 Å². The number of hydrogen-bond donors (Lipinski definition) is 1. The number of carbonyl (C=O) groups is 1. The van der Waals surface area contributed by atoms with Crippen LogP contribution < -0.4 is 5.32 Å². The van der Waals surface area contributed by atoms with Crippen molar-refractivity contribution >= 4 is 34.1 Å². The molecule has 1 N–H and O–H groups in total. The van der Waals surface area contributed by atoms with Gasteiger partial charge in [-0.1, -0.05) is 23.0 Å². The van der Waals surface area contributed by atoms with E-state index in [2.05, 4.69) is 25.4 Å². The SMILES string of the molecule is Cc1cc(CSc2ncccc2C(=O)Nc2nc(-c3ccccn3)cs2)no1. The molecule has 4 rings (SSSR count). The van der Waals surface area contributed by atoms with E-state index in [9.17, 15) is 4.79 Å². The Balaban J connectivity index is 1.47. The zero-order valence-corrected chi connectivity index (χ0v) is 16.5. The van der Waals surface area contributed by atoms with E-state index in [4.69, 9.17) is 4.52 Å². The molecule has 4 aromatic heterocycles. The van der Waals surface area contributed by atoms with Crippen LogP contribution in [0.15, 0.2) is 63.7 Å². The van der Waals surface area contributed by atoms with Crippen LogP contribution in [0.25, 0.3) is 11.4 Å². The number of amides is 1. The van der Waals surface area contributed by atoms with Crippen LogP contribution in [0.2, 0.25) is 0 Å². The fourth-order valence-electron chi connectivity index (χ4n) is 2.43. The van der Waals surface area contributed by atoms with Gasteiger partial charge in [0.15, 0.2) is 5.13 Å². The van der Waals surface area contributed by atoms with Crippen molar-refractivity contribution in [1.82, 2.24) is 20.1 Å². The second kappa shape index (κ2) is 8.32. The highest BCUT2D eigenvalue weighted by atomic mass is 32.2. The highest BCUT2D eigenvalue weighted by Gasteiger charge is 2.16.